The lowest BCUT2D eigenvalue weighted by atomic mass is 10.0. The molecule has 1 aromatic heterocycles. The predicted molar refractivity (Wildman–Crippen MR) is 69.3 cm³/mol. The molecule has 1 heterocycles. The smallest absolute Gasteiger partial charge is 0.131 e. The van der Waals surface area contributed by atoms with Crippen LogP contribution < -0.4 is 5.32 Å². The molecule has 0 saturated carbocycles. The predicted octanol–water partition coefficient (Wildman–Crippen LogP) is 4.10. The zero-order valence-corrected chi connectivity index (χ0v) is 11.4. The summed E-state index contributed by atoms with van der Waals surface area (Å²) in [5, 5.41) is 3.04. The molecule has 0 fully saturated rings. The van der Waals surface area contributed by atoms with Gasteiger partial charge in [0.25, 0.3) is 0 Å². The van der Waals surface area contributed by atoms with Crippen LogP contribution in [0, 0.1) is 11.6 Å². The molecule has 17 heavy (non-hydrogen) atoms. The van der Waals surface area contributed by atoms with E-state index in [1.54, 1.807) is 7.05 Å². The van der Waals surface area contributed by atoms with Crippen molar-refractivity contribution in [3.63, 3.8) is 0 Å². The third kappa shape index (κ3) is 2.73. The van der Waals surface area contributed by atoms with E-state index < -0.39 is 11.6 Å². The molecule has 0 aliphatic heterocycles. The van der Waals surface area contributed by atoms with Crippen molar-refractivity contribution in [1.29, 1.82) is 0 Å². The van der Waals surface area contributed by atoms with E-state index >= 15 is 0 Å². The van der Waals surface area contributed by atoms with Crippen LogP contribution in [-0.4, -0.2) is 7.05 Å². The second-order valence-electron chi connectivity index (χ2n) is 3.53. The number of thiophene rings is 1. The Morgan fingerprint density at radius 1 is 1.24 bits per heavy atom. The number of benzene rings is 1. The Morgan fingerprint density at radius 2 is 2.00 bits per heavy atom. The standard InChI is InChI=1S/C12H10BrF2NS/c1-16-12(10-4-5-11(13)17-10)8-3-2-7(14)6-9(8)15/h2-6,12,16H,1H3. The summed E-state index contributed by atoms with van der Waals surface area (Å²) in [5.74, 6) is -1.10. The molecule has 5 heteroatoms. The number of rotatable bonds is 3. The fourth-order valence-electron chi connectivity index (χ4n) is 1.67. The van der Waals surface area contributed by atoms with Crippen molar-refractivity contribution in [2.45, 2.75) is 6.04 Å². The molecule has 1 aromatic carbocycles. The molecule has 0 saturated heterocycles. The second kappa shape index (κ2) is 5.25. The first-order chi connectivity index (χ1) is 8.11. The average Bonchev–Trinajstić information content (AvgIpc) is 2.69. The molecule has 0 aliphatic rings. The Labute approximate surface area is 111 Å². The summed E-state index contributed by atoms with van der Waals surface area (Å²) in [6.07, 6.45) is 0. The van der Waals surface area contributed by atoms with E-state index in [2.05, 4.69) is 21.2 Å². The Balaban J connectivity index is 2.42. The minimum absolute atomic E-state index is 0.258. The lowest BCUT2D eigenvalue weighted by Crippen LogP contribution is -2.17. The number of hydrogen-bond acceptors (Lipinski definition) is 2. The van der Waals surface area contributed by atoms with Gasteiger partial charge < -0.3 is 5.32 Å². The molecule has 2 aromatic rings. The second-order valence-corrected chi connectivity index (χ2v) is 6.02. The lowest BCUT2D eigenvalue weighted by molar-refractivity contribution is 0.553. The first-order valence-corrected chi connectivity index (χ1v) is 6.60. The van der Waals surface area contributed by atoms with E-state index in [1.165, 1.54) is 23.5 Å². The lowest BCUT2D eigenvalue weighted by Gasteiger charge is -2.15. The maximum Gasteiger partial charge on any atom is 0.131 e. The van der Waals surface area contributed by atoms with Crippen molar-refractivity contribution < 1.29 is 8.78 Å². The third-order valence-electron chi connectivity index (χ3n) is 2.44. The third-order valence-corrected chi connectivity index (χ3v) is 4.13. The van der Waals surface area contributed by atoms with E-state index in [-0.39, 0.29) is 6.04 Å². The fraction of sp³-hybridized carbons (Fsp3) is 0.167. The molecule has 90 valence electrons. The average molecular weight is 318 g/mol. The summed E-state index contributed by atoms with van der Waals surface area (Å²) in [5.41, 5.74) is 0.447. The summed E-state index contributed by atoms with van der Waals surface area (Å²) < 4.78 is 27.5. The quantitative estimate of drug-likeness (QED) is 0.898. The number of nitrogens with one attached hydrogen (secondary N) is 1. The molecule has 0 spiro atoms. The Morgan fingerprint density at radius 3 is 2.53 bits per heavy atom. The van der Waals surface area contributed by atoms with Crippen LogP contribution in [0.1, 0.15) is 16.5 Å². The van der Waals surface area contributed by atoms with E-state index in [0.29, 0.717) is 5.56 Å². The highest BCUT2D eigenvalue weighted by molar-refractivity contribution is 9.11. The number of hydrogen-bond donors (Lipinski definition) is 1. The topological polar surface area (TPSA) is 12.0 Å². The van der Waals surface area contributed by atoms with Crippen molar-refractivity contribution in [2.75, 3.05) is 7.05 Å². The van der Waals surface area contributed by atoms with Crippen LogP contribution in [0.4, 0.5) is 8.78 Å². The van der Waals surface area contributed by atoms with Crippen molar-refractivity contribution in [1.82, 2.24) is 5.32 Å². The van der Waals surface area contributed by atoms with Crippen LogP contribution in [0.15, 0.2) is 34.1 Å². The van der Waals surface area contributed by atoms with E-state index in [0.717, 1.165) is 14.7 Å². The van der Waals surface area contributed by atoms with Gasteiger partial charge in [0.15, 0.2) is 0 Å². The molecular weight excluding hydrogens is 308 g/mol. The van der Waals surface area contributed by atoms with Gasteiger partial charge in [-0.3, -0.25) is 0 Å². The highest BCUT2D eigenvalue weighted by atomic mass is 79.9. The maximum absolute atomic E-state index is 13.7. The molecule has 0 bridgehead atoms. The number of halogens is 3. The SMILES string of the molecule is CNC(c1ccc(Br)s1)c1ccc(F)cc1F. The highest BCUT2D eigenvalue weighted by Crippen LogP contribution is 2.32. The van der Waals surface area contributed by atoms with Gasteiger partial charge in [0.2, 0.25) is 0 Å². The Hall–Kier alpha value is -0.780. The van der Waals surface area contributed by atoms with Crippen LogP contribution >= 0.6 is 27.3 Å². The van der Waals surface area contributed by atoms with Gasteiger partial charge in [-0.2, -0.15) is 0 Å². The molecule has 0 amide bonds. The van der Waals surface area contributed by atoms with Crippen molar-refractivity contribution >= 4 is 27.3 Å². The van der Waals surface area contributed by atoms with Crippen molar-refractivity contribution in [3.8, 4) is 0 Å². The van der Waals surface area contributed by atoms with Crippen LogP contribution in [0.25, 0.3) is 0 Å². The minimum atomic E-state index is -0.562. The van der Waals surface area contributed by atoms with Gasteiger partial charge >= 0.3 is 0 Å². The Kier molecular flexibility index (Phi) is 3.91. The molecule has 1 atom stereocenters. The van der Waals surface area contributed by atoms with E-state index in [9.17, 15) is 8.78 Å². The summed E-state index contributed by atoms with van der Waals surface area (Å²) in [6, 6.07) is 7.21. The van der Waals surface area contributed by atoms with Crippen LogP contribution in [0.5, 0.6) is 0 Å². The Bertz CT molecular complexity index is 527. The van der Waals surface area contributed by atoms with E-state index in [4.69, 9.17) is 0 Å². The normalized spacial score (nSPS) is 12.7. The van der Waals surface area contributed by atoms with Gasteiger partial charge in [-0.05, 0) is 41.2 Å². The zero-order chi connectivity index (χ0) is 12.4. The molecule has 1 nitrogen and oxygen atoms in total. The van der Waals surface area contributed by atoms with Crippen LogP contribution in [-0.2, 0) is 0 Å². The molecule has 1 N–H and O–H groups in total. The first-order valence-electron chi connectivity index (χ1n) is 4.99. The largest absolute Gasteiger partial charge is 0.309 e. The molecule has 2 rings (SSSR count). The van der Waals surface area contributed by atoms with E-state index in [1.807, 2.05) is 12.1 Å². The summed E-state index contributed by atoms with van der Waals surface area (Å²) in [6.45, 7) is 0. The summed E-state index contributed by atoms with van der Waals surface area (Å²) >= 11 is 4.89. The minimum Gasteiger partial charge on any atom is -0.309 e. The van der Waals surface area contributed by atoms with Crippen molar-refractivity contribution in [3.05, 3.63) is 56.2 Å². The van der Waals surface area contributed by atoms with Crippen LogP contribution in [0.3, 0.4) is 0 Å². The molecule has 0 radical (unpaired) electrons. The van der Waals surface area contributed by atoms with Gasteiger partial charge in [0, 0.05) is 16.5 Å². The van der Waals surface area contributed by atoms with Gasteiger partial charge in [-0.15, -0.1) is 11.3 Å². The highest BCUT2D eigenvalue weighted by Gasteiger charge is 2.18. The molecule has 0 aliphatic carbocycles. The molecule has 1 unspecified atom stereocenters. The first kappa shape index (κ1) is 12.7. The summed E-state index contributed by atoms with van der Waals surface area (Å²) in [7, 11) is 1.75. The van der Waals surface area contributed by atoms with Crippen LogP contribution in [0.2, 0.25) is 0 Å². The van der Waals surface area contributed by atoms with Crippen molar-refractivity contribution in [2.24, 2.45) is 0 Å². The monoisotopic (exact) mass is 317 g/mol. The van der Waals surface area contributed by atoms with Gasteiger partial charge in [0.1, 0.15) is 11.6 Å². The summed E-state index contributed by atoms with van der Waals surface area (Å²) in [4.78, 5) is 0.977. The van der Waals surface area contributed by atoms with Gasteiger partial charge in [-0.25, -0.2) is 8.78 Å². The van der Waals surface area contributed by atoms with Gasteiger partial charge in [0.05, 0.1) is 9.83 Å². The fourth-order valence-corrected chi connectivity index (χ4v) is 3.22. The molecular formula is C12H10BrF2NS. The zero-order valence-electron chi connectivity index (χ0n) is 9.01. The van der Waals surface area contributed by atoms with Gasteiger partial charge in [-0.1, -0.05) is 6.07 Å². The maximum atomic E-state index is 13.7.